The van der Waals surface area contributed by atoms with Crippen molar-refractivity contribution in [1.82, 2.24) is 9.62 Å². The Kier molecular flexibility index (Phi) is 4.59. The molecular formula is C16H22N2O4S. The maximum Gasteiger partial charge on any atom is 0.240 e. The Bertz CT molecular complexity index is 660. The summed E-state index contributed by atoms with van der Waals surface area (Å²) in [5.74, 6) is 1.08. The maximum absolute atomic E-state index is 12.4. The van der Waals surface area contributed by atoms with Crippen LogP contribution in [0.1, 0.15) is 25.7 Å². The first-order valence-electron chi connectivity index (χ1n) is 7.95. The van der Waals surface area contributed by atoms with Crippen molar-refractivity contribution in [2.24, 2.45) is 5.92 Å². The number of likely N-dealkylation sites (tertiary alicyclic amines) is 1. The van der Waals surface area contributed by atoms with Crippen LogP contribution in [-0.2, 0) is 14.8 Å². The van der Waals surface area contributed by atoms with E-state index in [0.717, 1.165) is 12.8 Å². The SMILES string of the molecule is COc1ccc(S(=O)(=O)NC2CCN(C(=O)C3CC3)CC2)cc1. The number of carbonyl (C=O) groups is 1. The fourth-order valence-corrected chi connectivity index (χ4v) is 4.15. The van der Waals surface area contributed by atoms with Gasteiger partial charge < -0.3 is 9.64 Å². The van der Waals surface area contributed by atoms with Gasteiger partial charge in [-0.3, -0.25) is 4.79 Å². The second-order valence-electron chi connectivity index (χ2n) is 6.17. The number of piperidine rings is 1. The zero-order valence-electron chi connectivity index (χ0n) is 13.2. The van der Waals surface area contributed by atoms with E-state index in [0.29, 0.717) is 31.7 Å². The van der Waals surface area contributed by atoms with Crippen LogP contribution in [0.3, 0.4) is 0 Å². The van der Waals surface area contributed by atoms with E-state index >= 15 is 0 Å². The van der Waals surface area contributed by atoms with Gasteiger partial charge in [-0.2, -0.15) is 0 Å². The van der Waals surface area contributed by atoms with Gasteiger partial charge in [-0.05, 0) is 49.9 Å². The number of ether oxygens (including phenoxy) is 1. The molecule has 3 rings (SSSR count). The third-order valence-corrected chi connectivity index (χ3v) is 5.96. The Balaban J connectivity index is 1.57. The van der Waals surface area contributed by atoms with Crippen molar-refractivity contribution in [2.45, 2.75) is 36.6 Å². The molecule has 1 aliphatic carbocycles. The molecule has 0 atom stereocenters. The quantitative estimate of drug-likeness (QED) is 0.880. The van der Waals surface area contributed by atoms with E-state index in [1.807, 2.05) is 4.90 Å². The summed E-state index contributed by atoms with van der Waals surface area (Å²) < 4.78 is 32.6. The smallest absolute Gasteiger partial charge is 0.240 e. The van der Waals surface area contributed by atoms with E-state index in [9.17, 15) is 13.2 Å². The van der Waals surface area contributed by atoms with Gasteiger partial charge in [-0.25, -0.2) is 13.1 Å². The van der Waals surface area contributed by atoms with Crippen LogP contribution in [0.15, 0.2) is 29.2 Å². The van der Waals surface area contributed by atoms with Gasteiger partial charge in [0.15, 0.2) is 0 Å². The van der Waals surface area contributed by atoms with Crippen molar-refractivity contribution < 1.29 is 17.9 Å². The Morgan fingerprint density at radius 2 is 1.74 bits per heavy atom. The zero-order valence-corrected chi connectivity index (χ0v) is 14.0. The molecule has 0 bridgehead atoms. The third kappa shape index (κ3) is 3.84. The van der Waals surface area contributed by atoms with Crippen LogP contribution in [0.2, 0.25) is 0 Å². The molecule has 7 heteroatoms. The highest BCUT2D eigenvalue weighted by molar-refractivity contribution is 7.89. The van der Waals surface area contributed by atoms with Crippen molar-refractivity contribution in [1.29, 1.82) is 0 Å². The minimum atomic E-state index is -3.54. The molecule has 1 aromatic rings. The van der Waals surface area contributed by atoms with E-state index in [4.69, 9.17) is 4.74 Å². The van der Waals surface area contributed by atoms with E-state index in [2.05, 4.69) is 4.72 Å². The number of hydrogen-bond acceptors (Lipinski definition) is 4. The average molecular weight is 338 g/mol. The number of nitrogens with one attached hydrogen (secondary N) is 1. The van der Waals surface area contributed by atoms with Gasteiger partial charge in [0.2, 0.25) is 15.9 Å². The summed E-state index contributed by atoms with van der Waals surface area (Å²) in [6, 6.07) is 6.21. The Morgan fingerprint density at radius 3 is 2.26 bits per heavy atom. The number of rotatable bonds is 5. The summed E-state index contributed by atoms with van der Waals surface area (Å²) in [6.07, 6.45) is 3.33. The van der Waals surface area contributed by atoms with Gasteiger partial charge in [0, 0.05) is 25.0 Å². The van der Waals surface area contributed by atoms with E-state index in [-0.39, 0.29) is 22.8 Å². The van der Waals surface area contributed by atoms with Crippen molar-refractivity contribution in [2.75, 3.05) is 20.2 Å². The first kappa shape index (κ1) is 16.3. The summed E-state index contributed by atoms with van der Waals surface area (Å²) in [5.41, 5.74) is 0. The number of nitrogens with zero attached hydrogens (tertiary/aromatic N) is 1. The minimum absolute atomic E-state index is 0.120. The highest BCUT2D eigenvalue weighted by atomic mass is 32.2. The fraction of sp³-hybridized carbons (Fsp3) is 0.562. The molecule has 0 spiro atoms. The monoisotopic (exact) mass is 338 g/mol. The molecule has 1 heterocycles. The lowest BCUT2D eigenvalue weighted by atomic mass is 10.1. The molecule has 1 amide bonds. The summed E-state index contributed by atoms with van der Waals surface area (Å²) in [5, 5.41) is 0. The average Bonchev–Trinajstić information content (AvgIpc) is 3.39. The molecule has 1 aromatic carbocycles. The fourth-order valence-electron chi connectivity index (χ4n) is 2.85. The van der Waals surface area contributed by atoms with Crippen LogP contribution in [0.5, 0.6) is 5.75 Å². The molecule has 0 aromatic heterocycles. The molecule has 1 saturated heterocycles. The van der Waals surface area contributed by atoms with Gasteiger partial charge >= 0.3 is 0 Å². The normalized spacial score (nSPS) is 19.6. The second kappa shape index (κ2) is 6.49. The molecule has 1 aliphatic heterocycles. The molecule has 1 N–H and O–H groups in total. The molecule has 126 valence electrons. The summed E-state index contributed by atoms with van der Waals surface area (Å²) in [6.45, 7) is 1.26. The lowest BCUT2D eigenvalue weighted by Gasteiger charge is -2.32. The molecule has 0 unspecified atom stereocenters. The van der Waals surface area contributed by atoms with Gasteiger partial charge in [0.05, 0.1) is 12.0 Å². The standard InChI is InChI=1S/C16H22N2O4S/c1-22-14-4-6-15(7-5-14)23(20,21)17-13-8-10-18(11-9-13)16(19)12-2-3-12/h4-7,12-13,17H,2-3,8-11H2,1H3. The van der Waals surface area contributed by atoms with Crippen LogP contribution in [0, 0.1) is 5.92 Å². The Morgan fingerprint density at radius 1 is 1.13 bits per heavy atom. The van der Waals surface area contributed by atoms with Crippen molar-refractivity contribution >= 4 is 15.9 Å². The van der Waals surface area contributed by atoms with Crippen molar-refractivity contribution in [3.63, 3.8) is 0 Å². The zero-order chi connectivity index (χ0) is 16.4. The molecule has 2 fully saturated rings. The first-order valence-corrected chi connectivity index (χ1v) is 9.43. The Labute approximate surface area is 136 Å². The molecular weight excluding hydrogens is 316 g/mol. The lowest BCUT2D eigenvalue weighted by molar-refractivity contribution is -0.133. The van der Waals surface area contributed by atoms with Gasteiger partial charge in [0.1, 0.15) is 5.75 Å². The highest BCUT2D eigenvalue weighted by Crippen LogP contribution is 2.32. The largest absolute Gasteiger partial charge is 0.497 e. The molecule has 1 saturated carbocycles. The number of sulfonamides is 1. The number of amides is 1. The number of hydrogen-bond donors (Lipinski definition) is 1. The summed E-state index contributed by atoms with van der Waals surface area (Å²) in [4.78, 5) is 14.1. The summed E-state index contributed by atoms with van der Waals surface area (Å²) >= 11 is 0. The third-order valence-electron chi connectivity index (χ3n) is 4.42. The number of methoxy groups -OCH3 is 1. The highest BCUT2D eigenvalue weighted by Gasteiger charge is 2.35. The van der Waals surface area contributed by atoms with E-state index < -0.39 is 10.0 Å². The van der Waals surface area contributed by atoms with Crippen LogP contribution in [-0.4, -0.2) is 45.5 Å². The molecule has 2 aliphatic rings. The van der Waals surface area contributed by atoms with Crippen LogP contribution < -0.4 is 9.46 Å². The van der Waals surface area contributed by atoms with Crippen LogP contribution in [0.25, 0.3) is 0 Å². The van der Waals surface area contributed by atoms with Crippen LogP contribution >= 0.6 is 0 Å². The van der Waals surface area contributed by atoms with E-state index in [1.165, 1.54) is 12.1 Å². The molecule has 6 nitrogen and oxygen atoms in total. The number of carbonyl (C=O) groups excluding carboxylic acids is 1. The minimum Gasteiger partial charge on any atom is -0.497 e. The molecule has 23 heavy (non-hydrogen) atoms. The predicted molar refractivity (Wildman–Crippen MR) is 85.6 cm³/mol. The van der Waals surface area contributed by atoms with Crippen LogP contribution in [0.4, 0.5) is 0 Å². The maximum atomic E-state index is 12.4. The number of benzene rings is 1. The first-order chi connectivity index (χ1) is 11.0. The van der Waals surface area contributed by atoms with E-state index in [1.54, 1.807) is 19.2 Å². The topological polar surface area (TPSA) is 75.7 Å². The Hall–Kier alpha value is -1.60. The van der Waals surface area contributed by atoms with Gasteiger partial charge in [0.25, 0.3) is 0 Å². The second-order valence-corrected chi connectivity index (χ2v) is 7.88. The molecule has 0 radical (unpaired) electrons. The van der Waals surface area contributed by atoms with Crippen molar-refractivity contribution in [3.05, 3.63) is 24.3 Å². The van der Waals surface area contributed by atoms with Gasteiger partial charge in [-0.1, -0.05) is 0 Å². The van der Waals surface area contributed by atoms with Gasteiger partial charge in [-0.15, -0.1) is 0 Å². The predicted octanol–water partition coefficient (Wildman–Crippen LogP) is 1.37. The van der Waals surface area contributed by atoms with Crippen molar-refractivity contribution in [3.8, 4) is 5.75 Å². The lowest BCUT2D eigenvalue weighted by Crippen LogP contribution is -2.46. The summed E-state index contributed by atoms with van der Waals surface area (Å²) in [7, 11) is -2.00.